The molecule has 20 heavy (non-hydrogen) atoms. The Morgan fingerprint density at radius 1 is 1.10 bits per heavy atom. The highest BCUT2D eigenvalue weighted by Gasteiger charge is 2.19. The Morgan fingerprint density at radius 3 is 2.40 bits per heavy atom. The molecule has 0 spiro atoms. The number of halogens is 4. The summed E-state index contributed by atoms with van der Waals surface area (Å²) in [6.45, 7) is 1.42. The van der Waals surface area contributed by atoms with Crippen molar-refractivity contribution in [2.45, 2.75) is 6.92 Å². The van der Waals surface area contributed by atoms with E-state index in [2.05, 4.69) is 5.32 Å². The lowest BCUT2D eigenvalue weighted by Crippen LogP contribution is -2.16. The fourth-order valence-corrected chi connectivity index (χ4v) is 1.81. The molecule has 2 aromatic carbocycles. The molecule has 0 radical (unpaired) electrons. The number of rotatable bonds is 2. The predicted molar refractivity (Wildman–Crippen MR) is 70.5 cm³/mol. The largest absolute Gasteiger partial charge is 0.322 e. The molecule has 0 saturated carbocycles. The van der Waals surface area contributed by atoms with E-state index in [1.165, 1.54) is 19.1 Å². The van der Waals surface area contributed by atoms with Crippen molar-refractivity contribution in [2.75, 3.05) is 5.32 Å². The van der Waals surface area contributed by atoms with Gasteiger partial charge in [-0.1, -0.05) is 17.7 Å². The van der Waals surface area contributed by atoms with Crippen molar-refractivity contribution in [2.24, 2.45) is 0 Å². The van der Waals surface area contributed by atoms with E-state index in [0.717, 1.165) is 18.2 Å². The summed E-state index contributed by atoms with van der Waals surface area (Å²) < 4.78 is 40.3. The molecule has 104 valence electrons. The van der Waals surface area contributed by atoms with Crippen LogP contribution in [0.25, 0.3) is 0 Å². The van der Waals surface area contributed by atoms with Gasteiger partial charge in [0.25, 0.3) is 5.91 Å². The highest BCUT2D eigenvalue weighted by molar-refractivity contribution is 6.31. The molecule has 2 nitrogen and oxygen atoms in total. The van der Waals surface area contributed by atoms with Gasteiger partial charge in [0.05, 0.1) is 5.02 Å². The number of hydrogen-bond donors (Lipinski definition) is 1. The van der Waals surface area contributed by atoms with E-state index in [0.29, 0.717) is 0 Å². The summed E-state index contributed by atoms with van der Waals surface area (Å²) >= 11 is 5.56. The molecule has 0 aliphatic heterocycles. The van der Waals surface area contributed by atoms with Crippen molar-refractivity contribution >= 4 is 23.2 Å². The van der Waals surface area contributed by atoms with Crippen LogP contribution in [0.1, 0.15) is 15.9 Å². The lowest BCUT2D eigenvalue weighted by molar-refractivity contribution is 0.101. The van der Waals surface area contributed by atoms with Crippen LogP contribution in [0.3, 0.4) is 0 Å². The van der Waals surface area contributed by atoms with E-state index in [1.54, 1.807) is 0 Å². The zero-order chi connectivity index (χ0) is 14.9. The minimum absolute atomic E-state index is 0.140. The minimum atomic E-state index is -0.973. The molecule has 0 aliphatic carbocycles. The van der Waals surface area contributed by atoms with Gasteiger partial charge < -0.3 is 5.32 Å². The number of amides is 1. The van der Waals surface area contributed by atoms with Crippen LogP contribution in [0.15, 0.2) is 30.3 Å². The summed E-state index contributed by atoms with van der Waals surface area (Å²) in [6.07, 6.45) is 0. The summed E-state index contributed by atoms with van der Waals surface area (Å²) in [4.78, 5) is 11.9. The van der Waals surface area contributed by atoms with Crippen LogP contribution < -0.4 is 5.32 Å². The van der Waals surface area contributed by atoms with Crippen LogP contribution in [-0.2, 0) is 0 Å². The van der Waals surface area contributed by atoms with Gasteiger partial charge in [-0.05, 0) is 36.8 Å². The van der Waals surface area contributed by atoms with Crippen molar-refractivity contribution in [3.63, 3.8) is 0 Å². The number of carbonyl (C=O) groups is 1. The number of hydrogen-bond acceptors (Lipinski definition) is 1. The first-order chi connectivity index (χ1) is 9.40. The first-order valence-electron chi connectivity index (χ1n) is 5.61. The van der Waals surface area contributed by atoms with E-state index in [9.17, 15) is 18.0 Å². The second-order valence-electron chi connectivity index (χ2n) is 4.14. The molecule has 2 rings (SSSR count). The Hall–Kier alpha value is -2.01. The van der Waals surface area contributed by atoms with Crippen LogP contribution in [-0.4, -0.2) is 5.91 Å². The molecule has 1 N–H and O–H groups in total. The van der Waals surface area contributed by atoms with Crippen LogP contribution in [0, 0.1) is 24.4 Å². The van der Waals surface area contributed by atoms with E-state index in [1.807, 2.05) is 0 Å². The Morgan fingerprint density at radius 2 is 1.75 bits per heavy atom. The van der Waals surface area contributed by atoms with Gasteiger partial charge >= 0.3 is 0 Å². The average Bonchev–Trinajstić information content (AvgIpc) is 2.39. The SMILES string of the molecule is Cc1ccc(F)c(C(=O)Nc2ccc(F)c(Cl)c2)c1F. The Kier molecular flexibility index (Phi) is 3.99. The monoisotopic (exact) mass is 299 g/mol. The molecule has 6 heteroatoms. The van der Waals surface area contributed by atoms with E-state index in [-0.39, 0.29) is 16.3 Å². The molecule has 0 aromatic heterocycles. The summed E-state index contributed by atoms with van der Waals surface area (Å²) in [7, 11) is 0. The van der Waals surface area contributed by atoms with Gasteiger partial charge in [-0.2, -0.15) is 0 Å². The van der Waals surface area contributed by atoms with E-state index in [4.69, 9.17) is 11.6 Å². The Balaban J connectivity index is 2.33. The minimum Gasteiger partial charge on any atom is -0.322 e. The summed E-state index contributed by atoms with van der Waals surface area (Å²) in [5.41, 5.74) is -0.402. The van der Waals surface area contributed by atoms with E-state index >= 15 is 0 Å². The standard InChI is InChI=1S/C14H9ClF3NO/c1-7-2-4-11(17)12(13(7)18)14(20)19-8-3-5-10(16)9(15)6-8/h2-6H,1H3,(H,19,20). The summed E-state index contributed by atoms with van der Waals surface area (Å²) in [5.74, 6) is -3.53. The van der Waals surface area contributed by atoms with Crippen molar-refractivity contribution in [3.8, 4) is 0 Å². The zero-order valence-corrected chi connectivity index (χ0v) is 11.1. The molecule has 0 fully saturated rings. The van der Waals surface area contributed by atoms with E-state index < -0.39 is 28.9 Å². The van der Waals surface area contributed by atoms with Crippen LogP contribution >= 0.6 is 11.6 Å². The number of aryl methyl sites for hydroxylation is 1. The second-order valence-corrected chi connectivity index (χ2v) is 4.54. The molecular formula is C14H9ClF3NO. The molecule has 0 bridgehead atoms. The molecule has 0 heterocycles. The maximum Gasteiger partial charge on any atom is 0.261 e. The van der Waals surface area contributed by atoms with Crippen LogP contribution in [0.2, 0.25) is 5.02 Å². The van der Waals surface area contributed by atoms with Crippen LogP contribution in [0.4, 0.5) is 18.9 Å². The Bertz CT molecular complexity index is 688. The van der Waals surface area contributed by atoms with Gasteiger partial charge in [-0.25, -0.2) is 13.2 Å². The van der Waals surface area contributed by atoms with Crippen molar-refractivity contribution < 1.29 is 18.0 Å². The van der Waals surface area contributed by atoms with Gasteiger partial charge in [0.1, 0.15) is 23.0 Å². The molecule has 0 unspecified atom stereocenters. The maximum absolute atomic E-state index is 13.8. The van der Waals surface area contributed by atoms with Gasteiger partial charge in [-0.15, -0.1) is 0 Å². The lowest BCUT2D eigenvalue weighted by atomic mass is 10.1. The first kappa shape index (κ1) is 14.4. The van der Waals surface area contributed by atoms with Gasteiger partial charge in [0.2, 0.25) is 0 Å². The third kappa shape index (κ3) is 2.77. The topological polar surface area (TPSA) is 29.1 Å². The molecule has 1 amide bonds. The van der Waals surface area contributed by atoms with Gasteiger partial charge in [0.15, 0.2) is 0 Å². The fraction of sp³-hybridized carbons (Fsp3) is 0.0714. The average molecular weight is 300 g/mol. The highest BCUT2D eigenvalue weighted by atomic mass is 35.5. The third-order valence-electron chi connectivity index (χ3n) is 2.69. The van der Waals surface area contributed by atoms with Crippen LogP contribution in [0.5, 0.6) is 0 Å². The molecular weight excluding hydrogens is 291 g/mol. The molecule has 0 aliphatic rings. The quantitative estimate of drug-likeness (QED) is 0.879. The Labute approximate surface area is 118 Å². The molecule has 2 aromatic rings. The van der Waals surface area contributed by atoms with Crippen molar-refractivity contribution in [1.82, 2.24) is 0 Å². The zero-order valence-electron chi connectivity index (χ0n) is 10.3. The first-order valence-corrected chi connectivity index (χ1v) is 5.99. The predicted octanol–water partition coefficient (Wildman–Crippen LogP) is 4.32. The molecule has 0 atom stereocenters. The maximum atomic E-state index is 13.8. The van der Waals surface area contributed by atoms with Crippen molar-refractivity contribution in [3.05, 3.63) is 63.9 Å². The summed E-state index contributed by atoms with van der Waals surface area (Å²) in [5, 5.41) is 2.06. The second kappa shape index (κ2) is 5.54. The fourth-order valence-electron chi connectivity index (χ4n) is 1.63. The van der Waals surface area contributed by atoms with Gasteiger partial charge in [-0.3, -0.25) is 4.79 Å². The number of anilines is 1. The molecule has 0 saturated heterocycles. The highest BCUT2D eigenvalue weighted by Crippen LogP contribution is 2.22. The smallest absolute Gasteiger partial charge is 0.261 e. The third-order valence-corrected chi connectivity index (χ3v) is 2.98. The summed E-state index contributed by atoms with van der Waals surface area (Å²) in [6, 6.07) is 5.67. The van der Waals surface area contributed by atoms with Gasteiger partial charge in [0, 0.05) is 5.69 Å². The number of carbonyl (C=O) groups excluding carboxylic acids is 1. The number of benzene rings is 2. The lowest BCUT2D eigenvalue weighted by Gasteiger charge is -2.09. The normalized spacial score (nSPS) is 10.4. The van der Waals surface area contributed by atoms with Crippen molar-refractivity contribution in [1.29, 1.82) is 0 Å². The number of nitrogens with one attached hydrogen (secondary N) is 1.